The van der Waals surface area contributed by atoms with Gasteiger partial charge in [-0.2, -0.15) is 0 Å². The van der Waals surface area contributed by atoms with Crippen LogP contribution in [0.15, 0.2) is 65.2 Å². The quantitative estimate of drug-likeness (QED) is 0.385. The van der Waals surface area contributed by atoms with E-state index in [0.29, 0.717) is 11.1 Å². The number of carbonyl (C=O) groups excluding carboxylic acids is 1. The minimum atomic E-state index is -3.75. The van der Waals surface area contributed by atoms with Crippen molar-refractivity contribution in [1.82, 2.24) is 19.5 Å². The lowest BCUT2D eigenvalue weighted by Crippen LogP contribution is -2.55. The van der Waals surface area contributed by atoms with Crippen molar-refractivity contribution < 1.29 is 13.2 Å². The average molecular weight is 525 g/mol. The Morgan fingerprint density at radius 2 is 1.92 bits per heavy atom. The molecular weight excluding hydrogens is 484 g/mol. The molecule has 1 saturated heterocycles. The fourth-order valence-corrected chi connectivity index (χ4v) is 6.72. The molecule has 200 valence electrons. The summed E-state index contributed by atoms with van der Waals surface area (Å²) in [6.07, 6.45) is 14.4. The zero-order chi connectivity index (χ0) is 26.3. The lowest BCUT2D eigenvalue weighted by atomic mass is 9.88. The third-order valence-corrected chi connectivity index (χ3v) is 8.91. The van der Waals surface area contributed by atoms with Gasteiger partial charge in [-0.15, -0.1) is 0 Å². The first-order valence-electron chi connectivity index (χ1n) is 13.6. The van der Waals surface area contributed by atoms with E-state index in [1.54, 1.807) is 36.5 Å². The van der Waals surface area contributed by atoms with Crippen LogP contribution in [0.25, 0.3) is 10.9 Å². The monoisotopic (exact) mass is 524 g/mol. The molecule has 1 aliphatic heterocycles. The fourth-order valence-electron chi connectivity index (χ4n) is 5.56. The predicted octanol–water partition coefficient (Wildman–Crippen LogP) is 4.52. The van der Waals surface area contributed by atoms with E-state index in [9.17, 15) is 13.2 Å². The summed E-state index contributed by atoms with van der Waals surface area (Å²) in [5.41, 5.74) is 1.06. The van der Waals surface area contributed by atoms with Crippen molar-refractivity contribution in [1.29, 1.82) is 0 Å². The van der Waals surface area contributed by atoms with Crippen LogP contribution >= 0.6 is 0 Å². The summed E-state index contributed by atoms with van der Waals surface area (Å²) in [6.45, 7) is 7.91. The number of carbonyl (C=O) groups is 1. The molecule has 2 heterocycles. The van der Waals surface area contributed by atoms with Crippen LogP contribution in [0.2, 0.25) is 0 Å². The van der Waals surface area contributed by atoms with Crippen LogP contribution in [0.4, 0.5) is 0 Å². The summed E-state index contributed by atoms with van der Waals surface area (Å²) >= 11 is 0. The minimum Gasteiger partial charge on any atom is -0.333 e. The Kier molecular flexibility index (Phi) is 9.51. The SMILES string of the molecule is CC/C=C(\C=C/CNS(=O)(=O)c1cccc2cccnc12)C(=O)N1CCN(CC2CCCCC2)C[C@H]1C. The summed E-state index contributed by atoms with van der Waals surface area (Å²) in [6, 6.07) is 8.88. The standard InChI is InChI=1S/C29H40N4O3S/c1-3-10-26(29(34)33-20-19-32(21-23(33)2)22-24-11-5-4-6-12-24)15-9-18-31-37(35,36)27-16-7-13-25-14-8-17-30-28(25)27/h7-10,13-17,23-24,31H,3-6,11-12,18-22H2,1-2H3/b15-9-,26-10+/t23-/m1/s1. The number of benzene rings is 1. The maximum atomic E-state index is 13.4. The number of rotatable bonds is 9. The van der Waals surface area contributed by atoms with Gasteiger partial charge in [0.25, 0.3) is 5.91 Å². The van der Waals surface area contributed by atoms with E-state index in [1.807, 2.05) is 30.0 Å². The Labute approximate surface area is 221 Å². The Bertz CT molecular complexity index is 1230. The summed E-state index contributed by atoms with van der Waals surface area (Å²) in [5.74, 6) is 0.819. The molecule has 1 atom stereocenters. The van der Waals surface area contributed by atoms with Crippen LogP contribution in [0.5, 0.6) is 0 Å². The van der Waals surface area contributed by atoms with E-state index in [0.717, 1.165) is 43.9 Å². The maximum Gasteiger partial charge on any atom is 0.253 e. The molecule has 1 amide bonds. The van der Waals surface area contributed by atoms with Crippen LogP contribution in [0.1, 0.15) is 52.4 Å². The molecular formula is C29H40N4O3S. The third kappa shape index (κ3) is 7.06. The Morgan fingerprint density at radius 1 is 1.14 bits per heavy atom. The smallest absolute Gasteiger partial charge is 0.253 e. The van der Waals surface area contributed by atoms with Crippen molar-refractivity contribution in [3.63, 3.8) is 0 Å². The van der Waals surface area contributed by atoms with Crippen LogP contribution in [-0.4, -0.2) is 67.9 Å². The van der Waals surface area contributed by atoms with Gasteiger partial charge in [0.1, 0.15) is 4.90 Å². The highest BCUT2D eigenvalue weighted by atomic mass is 32.2. The number of pyridine rings is 1. The first-order valence-corrected chi connectivity index (χ1v) is 15.1. The van der Waals surface area contributed by atoms with Crippen LogP contribution < -0.4 is 4.72 Å². The molecule has 0 spiro atoms. The number of allylic oxidation sites excluding steroid dienone is 1. The highest BCUT2D eigenvalue weighted by Gasteiger charge is 2.29. The van der Waals surface area contributed by atoms with Crippen molar-refractivity contribution in [2.75, 3.05) is 32.7 Å². The molecule has 1 aromatic heterocycles. The first-order chi connectivity index (χ1) is 17.9. The molecule has 1 aliphatic carbocycles. The van der Waals surface area contributed by atoms with Crippen molar-refractivity contribution in [3.8, 4) is 0 Å². The summed E-state index contributed by atoms with van der Waals surface area (Å²) in [5, 5.41) is 0.771. The van der Waals surface area contributed by atoms with Gasteiger partial charge in [0.05, 0.1) is 5.52 Å². The lowest BCUT2D eigenvalue weighted by Gasteiger charge is -2.41. The van der Waals surface area contributed by atoms with Gasteiger partial charge in [0.2, 0.25) is 10.0 Å². The zero-order valence-electron chi connectivity index (χ0n) is 22.1. The van der Waals surface area contributed by atoms with Gasteiger partial charge < -0.3 is 4.90 Å². The van der Waals surface area contributed by atoms with Gasteiger partial charge in [0, 0.05) is 55.9 Å². The molecule has 1 aromatic carbocycles. The molecule has 1 N–H and O–H groups in total. The van der Waals surface area contributed by atoms with Gasteiger partial charge in [-0.25, -0.2) is 13.1 Å². The summed E-state index contributed by atoms with van der Waals surface area (Å²) in [7, 11) is -3.75. The highest BCUT2D eigenvalue weighted by Crippen LogP contribution is 2.26. The minimum absolute atomic E-state index is 0.0176. The number of sulfonamides is 1. The number of nitrogens with one attached hydrogen (secondary N) is 1. The van der Waals surface area contributed by atoms with Crippen molar-refractivity contribution >= 4 is 26.8 Å². The van der Waals surface area contributed by atoms with Gasteiger partial charge in [-0.05, 0) is 44.2 Å². The number of aromatic nitrogens is 1. The second kappa shape index (κ2) is 12.8. The molecule has 2 aliphatic rings. The molecule has 4 rings (SSSR count). The molecule has 0 radical (unpaired) electrons. The Balaban J connectivity index is 1.34. The number of hydrogen-bond donors (Lipinski definition) is 1. The van der Waals surface area contributed by atoms with Crippen molar-refractivity contribution in [3.05, 3.63) is 60.3 Å². The summed E-state index contributed by atoms with van der Waals surface area (Å²) < 4.78 is 28.5. The van der Waals surface area contributed by atoms with Gasteiger partial charge >= 0.3 is 0 Å². The topological polar surface area (TPSA) is 82.6 Å². The third-order valence-electron chi connectivity index (χ3n) is 7.46. The van der Waals surface area contributed by atoms with Crippen LogP contribution in [0, 0.1) is 5.92 Å². The normalized spacial score (nSPS) is 20.6. The summed E-state index contributed by atoms with van der Waals surface area (Å²) in [4.78, 5) is 22.3. The van der Waals surface area contributed by atoms with E-state index in [-0.39, 0.29) is 23.4 Å². The molecule has 37 heavy (non-hydrogen) atoms. The Morgan fingerprint density at radius 3 is 2.68 bits per heavy atom. The highest BCUT2D eigenvalue weighted by molar-refractivity contribution is 7.89. The van der Waals surface area contributed by atoms with E-state index >= 15 is 0 Å². The maximum absolute atomic E-state index is 13.4. The van der Waals surface area contributed by atoms with Crippen LogP contribution in [-0.2, 0) is 14.8 Å². The largest absolute Gasteiger partial charge is 0.333 e. The molecule has 0 unspecified atom stereocenters. The van der Waals surface area contributed by atoms with Gasteiger partial charge in [-0.1, -0.05) is 62.6 Å². The predicted molar refractivity (Wildman–Crippen MR) is 149 cm³/mol. The number of nitrogens with zero attached hydrogens (tertiary/aromatic N) is 3. The molecule has 2 aromatic rings. The number of amides is 1. The number of para-hydroxylation sites is 1. The van der Waals surface area contributed by atoms with Gasteiger partial charge in [0.15, 0.2) is 0 Å². The number of hydrogen-bond acceptors (Lipinski definition) is 5. The Hall–Kier alpha value is -2.55. The molecule has 8 heteroatoms. The number of fused-ring (bicyclic) bond motifs is 1. The van der Waals surface area contributed by atoms with E-state index in [1.165, 1.54) is 32.1 Å². The van der Waals surface area contributed by atoms with E-state index in [2.05, 4.69) is 21.5 Å². The van der Waals surface area contributed by atoms with Gasteiger partial charge in [-0.3, -0.25) is 14.7 Å². The zero-order valence-corrected chi connectivity index (χ0v) is 22.9. The van der Waals surface area contributed by atoms with E-state index in [4.69, 9.17) is 0 Å². The van der Waals surface area contributed by atoms with Crippen molar-refractivity contribution in [2.45, 2.75) is 63.3 Å². The molecule has 7 nitrogen and oxygen atoms in total. The molecule has 1 saturated carbocycles. The average Bonchev–Trinajstić information content (AvgIpc) is 2.90. The van der Waals surface area contributed by atoms with Crippen molar-refractivity contribution in [2.24, 2.45) is 5.92 Å². The first kappa shape index (κ1) is 27.5. The second-order valence-electron chi connectivity index (χ2n) is 10.3. The number of piperazine rings is 1. The van der Waals surface area contributed by atoms with E-state index < -0.39 is 10.0 Å². The second-order valence-corrected chi connectivity index (χ2v) is 12.0. The fraction of sp³-hybridized carbons (Fsp3) is 0.517. The molecule has 2 fully saturated rings. The molecule has 0 bridgehead atoms. The van der Waals surface area contributed by atoms with Crippen LogP contribution in [0.3, 0.4) is 0 Å². The lowest BCUT2D eigenvalue weighted by molar-refractivity contribution is -0.131.